The monoisotopic (exact) mass is 316 g/mol. The van der Waals surface area contributed by atoms with Crippen molar-refractivity contribution in [3.05, 3.63) is 23.8 Å². The highest BCUT2D eigenvalue weighted by Crippen LogP contribution is 2.58. The summed E-state index contributed by atoms with van der Waals surface area (Å²) in [5.41, 5.74) is 2.26. The van der Waals surface area contributed by atoms with Gasteiger partial charge in [-0.25, -0.2) is 0 Å². The Hall–Kier alpha value is -1.55. The molecule has 1 spiro atoms. The highest BCUT2D eigenvalue weighted by atomic mass is 16.5. The third-order valence-electron chi connectivity index (χ3n) is 5.33. The summed E-state index contributed by atoms with van der Waals surface area (Å²) in [5.74, 6) is 1.27. The maximum absolute atomic E-state index is 12.5. The third kappa shape index (κ3) is 3.69. The molecule has 1 aromatic carbocycles. The van der Waals surface area contributed by atoms with Gasteiger partial charge in [-0.2, -0.15) is 0 Å². The lowest BCUT2D eigenvalue weighted by Crippen LogP contribution is -2.31. The molecule has 0 aromatic heterocycles. The summed E-state index contributed by atoms with van der Waals surface area (Å²) < 4.78 is 5.72. The number of amides is 1. The van der Waals surface area contributed by atoms with Crippen LogP contribution in [-0.2, 0) is 4.79 Å². The minimum atomic E-state index is 0.189. The van der Waals surface area contributed by atoms with Crippen LogP contribution in [0.3, 0.4) is 0 Å². The maximum atomic E-state index is 12.5. The number of unbranched alkanes of at least 4 members (excludes halogenated alkanes) is 1. The predicted octanol–water partition coefficient (Wildman–Crippen LogP) is 3.50. The van der Waals surface area contributed by atoms with E-state index in [1.54, 1.807) is 0 Å². The zero-order valence-corrected chi connectivity index (χ0v) is 14.3. The quantitative estimate of drug-likeness (QED) is 0.790. The molecule has 2 N–H and O–H groups in total. The van der Waals surface area contributed by atoms with Crippen molar-refractivity contribution in [2.75, 3.05) is 25.0 Å². The molecule has 1 unspecified atom stereocenters. The molecule has 4 nitrogen and oxygen atoms in total. The fraction of sp³-hybridized carbons (Fsp3) is 0.632. The van der Waals surface area contributed by atoms with E-state index >= 15 is 0 Å². The molecule has 3 rings (SSSR count). The van der Waals surface area contributed by atoms with Gasteiger partial charge in [-0.1, -0.05) is 13.3 Å². The van der Waals surface area contributed by atoms with Gasteiger partial charge >= 0.3 is 0 Å². The summed E-state index contributed by atoms with van der Waals surface area (Å²) in [4.78, 5) is 12.5. The van der Waals surface area contributed by atoms with Crippen LogP contribution in [0, 0.1) is 18.3 Å². The second-order valence-corrected chi connectivity index (χ2v) is 7.04. The molecule has 1 aliphatic carbocycles. The average molecular weight is 316 g/mol. The number of nitrogens with one attached hydrogen (secondary N) is 2. The van der Waals surface area contributed by atoms with Crippen LogP contribution in [0.25, 0.3) is 0 Å². The number of hydrogen-bond acceptors (Lipinski definition) is 3. The van der Waals surface area contributed by atoms with Gasteiger partial charge in [0.1, 0.15) is 5.75 Å². The summed E-state index contributed by atoms with van der Waals surface area (Å²) in [6.45, 7) is 7.02. The molecule has 126 valence electrons. The number of anilines is 1. The molecule has 23 heavy (non-hydrogen) atoms. The molecule has 1 aromatic rings. The van der Waals surface area contributed by atoms with Crippen molar-refractivity contribution >= 4 is 11.6 Å². The van der Waals surface area contributed by atoms with Crippen molar-refractivity contribution in [2.24, 2.45) is 11.3 Å². The zero-order chi connectivity index (χ0) is 16.3. The van der Waals surface area contributed by atoms with Gasteiger partial charge in [0.15, 0.2) is 0 Å². The first-order valence-electron chi connectivity index (χ1n) is 8.90. The Bertz CT molecular complexity index is 564. The maximum Gasteiger partial charge on any atom is 0.228 e. The van der Waals surface area contributed by atoms with E-state index in [4.69, 9.17) is 4.74 Å². The first-order valence-corrected chi connectivity index (χ1v) is 8.90. The average Bonchev–Trinajstić information content (AvgIpc) is 3.24. The van der Waals surface area contributed by atoms with Gasteiger partial charge in [0.25, 0.3) is 0 Å². The smallest absolute Gasteiger partial charge is 0.228 e. The second kappa shape index (κ2) is 6.91. The lowest BCUT2D eigenvalue weighted by Gasteiger charge is -2.23. The van der Waals surface area contributed by atoms with E-state index in [2.05, 4.69) is 17.6 Å². The van der Waals surface area contributed by atoms with E-state index in [0.29, 0.717) is 0 Å². The van der Waals surface area contributed by atoms with E-state index in [-0.39, 0.29) is 17.2 Å². The predicted molar refractivity (Wildman–Crippen MR) is 92.9 cm³/mol. The van der Waals surface area contributed by atoms with Crippen molar-refractivity contribution < 1.29 is 9.53 Å². The van der Waals surface area contributed by atoms with E-state index in [9.17, 15) is 4.79 Å². The van der Waals surface area contributed by atoms with Crippen LogP contribution in [0.5, 0.6) is 5.75 Å². The molecule has 1 amide bonds. The van der Waals surface area contributed by atoms with Gasteiger partial charge in [0, 0.05) is 11.6 Å². The highest BCUT2D eigenvalue weighted by Gasteiger charge is 2.57. The Morgan fingerprint density at radius 2 is 2.17 bits per heavy atom. The normalized spacial score (nSPS) is 21.9. The van der Waals surface area contributed by atoms with Crippen LogP contribution in [0.4, 0.5) is 5.69 Å². The van der Waals surface area contributed by atoms with Gasteiger partial charge in [-0.15, -0.1) is 0 Å². The van der Waals surface area contributed by atoms with Crippen LogP contribution >= 0.6 is 0 Å². The second-order valence-electron chi connectivity index (χ2n) is 7.04. The van der Waals surface area contributed by atoms with Crippen molar-refractivity contribution in [1.82, 2.24) is 5.32 Å². The Labute approximate surface area is 139 Å². The van der Waals surface area contributed by atoms with Crippen LogP contribution in [0.2, 0.25) is 0 Å². The number of aryl methyl sites for hydroxylation is 1. The molecule has 4 heteroatoms. The van der Waals surface area contributed by atoms with Crippen molar-refractivity contribution in [3.63, 3.8) is 0 Å². The van der Waals surface area contributed by atoms with Crippen LogP contribution in [0.1, 0.15) is 44.6 Å². The van der Waals surface area contributed by atoms with Crippen LogP contribution in [0.15, 0.2) is 18.2 Å². The summed E-state index contributed by atoms with van der Waals surface area (Å²) in [6, 6.07) is 5.93. The van der Waals surface area contributed by atoms with Crippen molar-refractivity contribution in [3.8, 4) is 5.75 Å². The standard InChI is InChI=1S/C19H28N2O2/c1-3-4-11-23-15-5-6-17(14(2)12-15)21-18(22)16-13-19(16)7-9-20-10-8-19/h5-6,12,16,20H,3-4,7-11,13H2,1-2H3,(H,21,22). The fourth-order valence-corrected chi connectivity index (χ4v) is 3.62. The Balaban J connectivity index is 1.56. The minimum absolute atomic E-state index is 0.189. The molecular weight excluding hydrogens is 288 g/mol. The summed E-state index contributed by atoms with van der Waals surface area (Å²) in [7, 11) is 0. The molecule has 1 atom stereocenters. The lowest BCUT2D eigenvalue weighted by atomic mass is 9.91. The first kappa shape index (κ1) is 16.3. The SMILES string of the molecule is CCCCOc1ccc(NC(=O)C2CC23CCNCC3)c(C)c1. The van der Waals surface area contributed by atoms with E-state index < -0.39 is 0 Å². The van der Waals surface area contributed by atoms with Gasteiger partial charge in [-0.3, -0.25) is 4.79 Å². The van der Waals surface area contributed by atoms with Gasteiger partial charge in [0.2, 0.25) is 5.91 Å². The van der Waals surface area contributed by atoms with Crippen LogP contribution in [-0.4, -0.2) is 25.6 Å². The fourth-order valence-electron chi connectivity index (χ4n) is 3.62. The molecule has 1 saturated heterocycles. The zero-order valence-electron chi connectivity index (χ0n) is 14.3. The Morgan fingerprint density at radius 3 is 2.87 bits per heavy atom. The number of ether oxygens (including phenoxy) is 1. The number of benzene rings is 1. The van der Waals surface area contributed by atoms with E-state index in [1.165, 1.54) is 0 Å². The van der Waals surface area contributed by atoms with E-state index in [1.807, 2.05) is 25.1 Å². The third-order valence-corrected chi connectivity index (χ3v) is 5.33. The van der Waals surface area contributed by atoms with Gasteiger partial charge in [0.05, 0.1) is 6.61 Å². The van der Waals surface area contributed by atoms with Gasteiger partial charge < -0.3 is 15.4 Å². The molecule has 0 radical (unpaired) electrons. The Kier molecular flexibility index (Phi) is 4.90. The van der Waals surface area contributed by atoms with Crippen molar-refractivity contribution in [2.45, 2.75) is 46.0 Å². The number of piperidine rings is 1. The number of rotatable bonds is 6. The number of hydrogen-bond donors (Lipinski definition) is 2. The molecule has 1 saturated carbocycles. The molecule has 1 aliphatic heterocycles. The summed E-state index contributed by atoms with van der Waals surface area (Å²) in [5, 5.41) is 6.50. The number of carbonyl (C=O) groups is 1. The molecule has 2 fully saturated rings. The Morgan fingerprint density at radius 1 is 1.39 bits per heavy atom. The lowest BCUT2D eigenvalue weighted by molar-refractivity contribution is -0.118. The van der Waals surface area contributed by atoms with E-state index in [0.717, 1.165) is 68.8 Å². The number of carbonyl (C=O) groups excluding carboxylic acids is 1. The minimum Gasteiger partial charge on any atom is -0.494 e. The van der Waals surface area contributed by atoms with Crippen LogP contribution < -0.4 is 15.4 Å². The summed E-state index contributed by atoms with van der Waals surface area (Å²) >= 11 is 0. The molecule has 0 bridgehead atoms. The molecule has 2 aliphatic rings. The van der Waals surface area contributed by atoms with Gasteiger partial charge in [-0.05, 0) is 74.9 Å². The highest BCUT2D eigenvalue weighted by molar-refractivity contribution is 5.95. The molecule has 1 heterocycles. The molecular formula is C19H28N2O2. The largest absolute Gasteiger partial charge is 0.494 e. The summed E-state index contributed by atoms with van der Waals surface area (Å²) in [6.07, 6.45) is 5.52. The van der Waals surface area contributed by atoms with Crippen molar-refractivity contribution in [1.29, 1.82) is 0 Å². The topological polar surface area (TPSA) is 50.4 Å². The first-order chi connectivity index (χ1) is 11.1.